The van der Waals surface area contributed by atoms with E-state index in [9.17, 15) is 4.79 Å². The van der Waals surface area contributed by atoms with Crippen LogP contribution in [0.15, 0.2) is 30.3 Å². The minimum absolute atomic E-state index is 0.112. The number of likely N-dealkylation sites (tertiary alicyclic amines) is 1. The summed E-state index contributed by atoms with van der Waals surface area (Å²) in [6.45, 7) is 8.67. The minimum Gasteiger partial charge on any atom is -0.352 e. The van der Waals surface area contributed by atoms with Crippen LogP contribution < -0.4 is 5.32 Å². The molecule has 0 unspecified atom stereocenters. The van der Waals surface area contributed by atoms with Gasteiger partial charge in [0, 0.05) is 18.8 Å². The molecule has 27 heavy (non-hydrogen) atoms. The van der Waals surface area contributed by atoms with E-state index in [4.69, 9.17) is 0 Å². The van der Waals surface area contributed by atoms with Crippen LogP contribution in [-0.4, -0.2) is 46.3 Å². The van der Waals surface area contributed by atoms with E-state index in [0.717, 1.165) is 38.0 Å². The van der Waals surface area contributed by atoms with Crippen molar-refractivity contribution < 1.29 is 4.79 Å². The molecule has 5 nitrogen and oxygen atoms in total. The molecule has 1 aromatic carbocycles. The topological polar surface area (TPSA) is 50.2 Å². The fourth-order valence-electron chi connectivity index (χ4n) is 4.14. The molecule has 2 heterocycles. The van der Waals surface area contributed by atoms with Gasteiger partial charge in [-0.2, -0.15) is 5.10 Å². The predicted octanol–water partition coefficient (Wildman–Crippen LogP) is 2.96. The Morgan fingerprint density at radius 1 is 1.22 bits per heavy atom. The summed E-state index contributed by atoms with van der Waals surface area (Å²) in [6.07, 6.45) is 3.08. The first-order chi connectivity index (χ1) is 12.9. The van der Waals surface area contributed by atoms with E-state index in [1.165, 1.54) is 16.8 Å². The predicted molar refractivity (Wildman–Crippen MR) is 109 cm³/mol. The van der Waals surface area contributed by atoms with Crippen molar-refractivity contribution in [2.45, 2.75) is 52.0 Å². The summed E-state index contributed by atoms with van der Waals surface area (Å²) in [5, 5.41) is 7.63. The summed E-state index contributed by atoms with van der Waals surface area (Å²) < 4.78 is 1.91. The third kappa shape index (κ3) is 4.98. The lowest BCUT2D eigenvalue weighted by Gasteiger charge is -2.32. The van der Waals surface area contributed by atoms with Gasteiger partial charge in [-0.25, -0.2) is 0 Å². The maximum atomic E-state index is 12.5. The molecular weight excluding hydrogens is 336 g/mol. The molecule has 1 N–H and O–H groups in total. The Bertz CT molecular complexity index is 760. The molecule has 1 saturated heterocycles. The Labute approximate surface area is 162 Å². The molecule has 1 aromatic heterocycles. The number of hydrogen-bond acceptors (Lipinski definition) is 3. The lowest BCUT2D eigenvalue weighted by Crippen LogP contribution is -2.44. The first-order valence-corrected chi connectivity index (χ1v) is 9.99. The molecule has 1 aliphatic heterocycles. The molecule has 5 heteroatoms. The van der Waals surface area contributed by atoms with Gasteiger partial charge in [0.1, 0.15) is 0 Å². The van der Waals surface area contributed by atoms with E-state index < -0.39 is 0 Å². The summed E-state index contributed by atoms with van der Waals surface area (Å²) in [5.74, 6) is 0.751. The standard InChI is InChI=1S/C22H32N4O/c1-16(14-21-17(2)24-25(4)18(21)3)23-22(27)15-26-12-10-20(11-13-26)19-8-6-5-7-9-19/h5-9,16,20H,10-15H2,1-4H3,(H,23,27)/t16-/m1/s1. The second kappa shape index (κ2) is 8.70. The van der Waals surface area contributed by atoms with Crippen molar-refractivity contribution in [2.24, 2.45) is 7.05 Å². The zero-order chi connectivity index (χ0) is 19.4. The van der Waals surface area contributed by atoms with Gasteiger partial charge in [-0.3, -0.25) is 14.4 Å². The summed E-state index contributed by atoms with van der Waals surface area (Å²) in [5.41, 5.74) is 4.90. The average molecular weight is 369 g/mol. The Kier molecular flexibility index (Phi) is 6.32. The highest BCUT2D eigenvalue weighted by atomic mass is 16.2. The first kappa shape index (κ1) is 19.6. The summed E-state index contributed by atoms with van der Waals surface area (Å²) in [7, 11) is 1.97. The normalized spacial score (nSPS) is 17.0. The number of hydrogen-bond donors (Lipinski definition) is 1. The largest absolute Gasteiger partial charge is 0.352 e. The fourth-order valence-corrected chi connectivity index (χ4v) is 4.14. The van der Waals surface area contributed by atoms with Crippen LogP contribution in [0.3, 0.4) is 0 Å². The van der Waals surface area contributed by atoms with E-state index in [1.807, 2.05) is 18.7 Å². The van der Waals surface area contributed by atoms with Crippen LogP contribution in [0.1, 0.15) is 48.2 Å². The van der Waals surface area contributed by atoms with Gasteiger partial charge in [0.05, 0.1) is 12.2 Å². The number of nitrogens with one attached hydrogen (secondary N) is 1. The van der Waals surface area contributed by atoms with Crippen LogP contribution in [0.4, 0.5) is 0 Å². The van der Waals surface area contributed by atoms with Gasteiger partial charge >= 0.3 is 0 Å². The van der Waals surface area contributed by atoms with Crippen molar-refractivity contribution in [3.8, 4) is 0 Å². The quantitative estimate of drug-likeness (QED) is 0.853. The SMILES string of the molecule is Cc1nn(C)c(C)c1C[C@@H](C)NC(=O)CN1CCC(c2ccccc2)CC1. The Balaban J connectivity index is 1.44. The van der Waals surface area contributed by atoms with Crippen LogP contribution in [0.5, 0.6) is 0 Å². The number of carbonyl (C=O) groups is 1. The lowest BCUT2D eigenvalue weighted by atomic mass is 9.89. The third-order valence-electron chi connectivity index (χ3n) is 5.80. The Morgan fingerprint density at radius 2 is 1.89 bits per heavy atom. The highest BCUT2D eigenvalue weighted by Crippen LogP contribution is 2.27. The molecular formula is C22H32N4O. The van der Waals surface area contributed by atoms with Crippen LogP contribution in [0.25, 0.3) is 0 Å². The zero-order valence-corrected chi connectivity index (χ0v) is 17.0. The highest BCUT2D eigenvalue weighted by Gasteiger charge is 2.22. The Hall–Kier alpha value is -2.14. The van der Waals surface area contributed by atoms with Crippen molar-refractivity contribution in [3.63, 3.8) is 0 Å². The van der Waals surface area contributed by atoms with Gasteiger partial charge in [0.25, 0.3) is 0 Å². The molecule has 0 saturated carbocycles. The maximum absolute atomic E-state index is 12.5. The monoisotopic (exact) mass is 368 g/mol. The van der Waals surface area contributed by atoms with Crippen molar-refractivity contribution >= 4 is 5.91 Å². The molecule has 3 rings (SSSR count). The van der Waals surface area contributed by atoms with Crippen LogP contribution in [0.2, 0.25) is 0 Å². The molecule has 1 amide bonds. The number of benzene rings is 1. The van der Waals surface area contributed by atoms with Gasteiger partial charge in [0.15, 0.2) is 0 Å². The summed E-state index contributed by atoms with van der Waals surface area (Å²) >= 11 is 0. The second-order valence-corrected chi connectivity index (χ2v) is 7.91. The molecule has 0 spiro atoms. The van der Waals surface area contributed by atoms with Gasteiger partial charge in [0.2, 0.25) is 5.91 Å². The highest BCUT2D eigenvalue weighted by molar-refractivity contribution is 5.78. The van der Waals surface area contributed by atoms with E-state index in [0.29, 0.717) is 12.5 Å². The first-order valence-electron chi connectivity index (χ1n) is 9.99. The fraction of sp³-hybridized carbons (Fsp3) is 0.545. The molecule has 146 valence electrons. The molecule has 0 aliphatic carbocycles. The zero-order valence-electron chi connectivity index (χ0n) is 17.0. The molecule has 0 radical (unpaired) electrons. The van der Waals surface area contributed by atoms with Crippen LogP contribution >= 0.6 is 0 Å². The van der Waals surface area contributed by atoms with Gasteiger partial charge in [-0.15, -0.1) is 0 Å². The number of carbonyl (C=O) groups excluding carboxylic acids is 1. The van der Waals surface area contributed by atoms with Crippen LogP contribution in [-0.2, 0) is 18.3 Å². The summed E-state index contributed by atoms with van der Waals surface area (Å²) in [4.78, 5) is 14.7. The number of aryl methyl sites for hydroxylation is 2. The maximum Gasteiger partial charge on any atom is 0.234 e. The van der Waals surface area contributed by atoms with Gasteiger partial charge in [-0.05, 0) is 70.2 Å². The van der Waals surface area contributed by atoms with Crippen molar-refractivity contribution in [2.75, 3.05) is 19.6 Å². The number of amides is 1. The summed E-state index contributed by atoms with van der Waals surface area (Å²) in [6, 6.07) is 10.8. The van der Waals surface area contributed by atoms with Crippen molar-refractivity contribution in [3.05, 3.63) is 52.8 Å². The average Bonchev–Trinajstić information content (AvgIpc) is 2.89. The molecule has 1 atom stereocenters. The Morgan fingerprint density at radius 3 is 2.48 bits per heavy atom. The lowest BCUT2D eigenvalue weighted by molar-refractivity contribution is -0.123. The number of piperidine rings is 1. The molecule has 1 aliphatic rings. The van der Waals surface area contributed by atoms with Gasteiger partial charge in [-0.1, -0.05) is 30.3 Å². The third-order valence-corrected chi connectivity index (χ3v) is 5.80. The van der Waals surface area contributed by atoms with Crippen molar-refractivity contribution in [1.29, 1.82) is 0 Å². The van der Waals surface area contributed by atoms with E-state index in [1.54, 1.807) is 0 Å². The smallest absolute Gasteiger partial charge is 0.234 e. The molecule has 2 aromatic rings. The second-order valence-electron chi connectivity index (χ2n) is 7.91. The number of nitrogens with zero attached hydrogens (tertiary/aromatic N) is 3. The van der Waals surface area contributed by atoms with E-state index in [2.05, 4.69) is 59.5 Å². The van der Waals surface area contributed by atoms with Gasteiger partial charge < -0.3 is 5.32 Å². The molecule has 0 bridgehead atoms. The number of rotatable bonds is 6. The molecule has 1 fully saturated rings. The minimum atomic E-state index is 0.112. The van der Waals surface area contributed by atoms with E-state index >= 15 is 0 Å². The van der Waals surface area contributed by atoms with Crippen LogP contribution in [0, 0.1) is 13.8 Å². The van der Waals surface area contributed by atoms with Crippen molar-refractivity contribution in [1.82, 2.24) is 20.0 Å². The number of aromatic nitrogens is 2. The van der Waals surface area contributed by atoms with E-state index in [-0.39, 0.29) is 11.9 Å².